The minimum atomic E-state index is -3.52. The van der Waals surface area contributed by atoms with Gasteiger partial charge in [-0.2, -0.15) is 8.78 Å². The molecule has 0 unspecified atom stereocenters. The van der Waals surface area contributed by atoms with Gasteiger partial charge < -0.3 is 9.47 Å². The second-order valence-electron chi connectivity index (χ2n) is 3.30. The molecule has 0 fully saturated rings. The van der Waals surface area contributed by atoms with E-state index in [1.54, 1.807) is 6.92 Å². The Bertz CT molecular complexity index is 416. The predicted octanol–water partition coefficient (Wildman–Crippen LogP) is 3.69. The average Bonchev–Trinajstić information content (AvgIpc) is 2.29. The van der Waals surface area contributed by atoms with Gasteiger partial charge in [0.15, 0.2) is 11.6 Å². The topological polar surface area (TPSA) is 18.5 Å². The summed E-state index contributed by atoms with van der Waals surface area (Å²) in [5.74, 6) is -0.931. The maximum atomic E-state index is 13.7. The van der Waals surface area contributed by atoms with Crippen LogP contribution in [0.3, 0.4) is 0 Å². The van der Waals surface area contributed by atoms with Crippen molar-refractivity contribution in [1.82, 2.24) is 0 Å². The first-order valence-electron chi connectivity index (χ1n) is 5.03. The summed E-state index contributed by atoms with van der Waals surface area (Å²) in [7, 11) is 0. The Morgan fingerprint density at radius 1 is 1.35 bits per heavy atom. The van der Waals surface area contributed by atoms with Gasteiger partial charge in [0.05, 0.1) is 6.61 Å². The molecule has 0 saturated carbocycles. The Labute approximate surface area is 97.7 Å². The molecule has 1 aromatic carbocycles. The van der Waals surface area contributed by atoms with Crippen LogP contribution in [-0.4, -0.2) is 12.7 Å². The summed E-state index contributed by atoms with van der Waals surface area (Å²) >= 11 is 0. The van der Waals surface area contributed by atoms with Crippen LogP contribution < -0.4 is 9.47 Å². The first-order valence-corrected chi connectivity index (χ1v) is 5.03. The Morgan fingerprint density at radius 3 is 2.47 bits per heavy atom. The Balaban J connectivity index is 3.04. The van der Waals surface area contributed by atoms with Crippen molar-refractivity contribution in [3.63, 3.8) is 0 Å². The largest absolute Gasteiger partial charge is 0.491 e. The molecule has 0 spiro atoms. The van der Waals surface area contributed by atoms with Gasteiger partial charge in [-0.25, -0.2) is 4.39 Å². The first kappa shape index (κ1) is 13.4. The summed E-state index contributed by atoms with van der Waals surface area (Å²) in [5, 5.41) is 0. The molecule has 0 aliphatic rings. The third-order valence-electron chi connectivity index (χ3n) is 2.08. The fourth-order valence-corrected chi connectivity index (χ4v) is 1.21. The molecule has 0 heterocycles. The third kappa shape index (κ3) is 3.15. The maximum Gasteiger partial charge on any atom is 0.419 e. The van der Waals surface area contributed by atoms with E-state index >= 15 is 0 Å². The Kier molecular flexibility index (Phi) is 4.04. The predicted molar refractivity (Wildman–Crippen MR) is 58.1 cm³/mol. The van der Waals surface area contributed by atoms with Crippen molar-refractivity contribution in [2.45, 2.75) is 20.0 Å². The number of ether oxygens (including phenoxy) is 2. The number of halogens is 3. The van der Waals surface area contributed by atoms with E-state index in [2.05, 4.69) is 11.3 Å². The van der Waals surface area contributed by atoms with E-state index in [1.807, 2.05) is 0 Å². The van der Waals surface area contributed by atoms with Crippen LogP contribution in [0.5, 0.6) is 11.5 Å². The highest BCUT2D eigenvalue weighted by Crippen LogP contribution is 2.31. The van der Waals surface area contributed by atoms with E-state index in [1.165, 1.54) is 19.1 Å². The fourth-order valence-electron chi connectivity index (χ4n) is 1.21. The van der Waals surface area contributed by atoms with Crippen molar-refractivity contribution >= 4 is 0 Å². The molecule has 1 rings (SSSR count). The quantitative estimate of drug-likeness (QED) is 0.738. The minimum absolute atomic E-state index is 0.0132. The van der Waals surface area contributed by atoms with E-state index < -0.39 is 11.9 Å². The van der Waals surface area contributed by atoms with Crippen LogP contribution in [-0.2, 0) is 0 Å². The number of benzene rings is 1. The first-order chi connectivity index (χ1) is 7.91. The number of hydrogen-bond donors (Lipinski definition) is 0. The van der Waals surface area contributed by atoms with Gasteiger partial charge in [-0.05, 0) is 26.0 Å². The Morgan fingerprint density at radius 2 is 1.94 bits per heavy atom. The van der Waals surface area contributed by atoms with Gasteiger partial charge in [-0.1, -0.05) is 6.58 Å². The van der Waals surface area contributed by atoms with Crippen molar-refractivity contribution in [3.05, 3.63) is 36.2 Å². The molecule has 0 amide bonds. The molecule has 0 atom stereocenters. The van der Waals surface area contributed by atoms with Crippen molar-refractivity contribution in [2.75, 3.05) is 6.61 Å². The molecule has 0 N–H and O–H groups in total. The standard InChI is InChI=1S/C12H13F3O2/c1-4-12(14,15)17-9-6-7-10(16-5-2)11(13)8(9)3/h4,6-7H,1,5H2,2-3H3. The second kappa shape index (κ2) is 5.12. The number of rotatable bonds is 5. The highest BCUT2D eigenvalue weighted by molar-refractivity contribution is 5.41. The third-order valence-corrected chi connectivity index (χ3v) is 2.08. The summed E-state index contributed by atoms with van der Waals surface area (Å²) in [5.41, 5.74) is -0.0301. The molecule has 5 heteroatoms. The van der Waals surface area contributed by atoms with Crippen LogP contribution in [0, 0.1) is 12.7 Å². The van der Waals surface area contributed by atoms with E-state index in [0.717, 1.165) is 0 Å². The summed E-state index contributed by atoms with van der Waals surface area (Å²) in [4.78, 5) is 0. The van der Waals surface area contributed by atoms with Gasteiger partial charge in [0.2, 0.25) is 0 Å². The average molecular weight is 246 g/mol. The van der Waals surface area contributed by atoms with Crippen molar-refractivity contribution in [1.29, 1.82) is 0 Å². The summed E-state index contributed by atoms with van der Waals surface area (Å²) in [6.07, 6.45) is -3.18. The number of alkyl halides is 2. The zero-order valence-corrected chi connectivity index (χ0v) is 9.60. The van der Waals surface area contributed by atoms with Gasteiger partial charge in [-0.15, -0.1) is 0 Å². The molecule has 0 aromatic heterocycles. The van der Waals surface area contributed by atoms with Crippen LogP contribution in [0.25, 0.3) is 0 Å². The lowest BCUT2D eigenvalue weighted by Gasteiger charge is -2.17. The molecule has 2 nitrogen and oxygen atoms in total. The molecule has 0 bridgehead atoms. The summed E-state index contributed by atoms with van der Waals surface area (Å²) < 4.78 is 48.8. The molecule has 94 valence electrons. The van der Waals surface area contributed by atoms with E-state index in [9.17, 15) is 13.2 Å². The normalized spacial score (nSPS) is 11.1. The molecular formula is C12H13F3O2. The van der Waals surface area contributed by atoms with Crippen LogP contribution in [0.4, 0.5) is 13.2 Å². The molecule has 0 aliphatic carbocycles. The SMILES string of the molecule is C=CC(F)(F)Oc1ccc(OCC)c(F)c1C. The van der Waals surface area contributed by atoms with Gasteiger partial charge >= 0.3 is 6.11 Å². The molecule has 0 radical (unpaired) electrons. The number of hydrogen-bond acceptors (Lipinski definition) is 2. The molecule has 0 aliphatic heterocycles. The zero-order chi connectivity index (χ0) is 13.1. The molecular weight excluding hydrogens is 233 g/mol. The van der Waals surface area contributed by atoms with Crippen LogP contribution in [0.2, 0.25) is 0 Å². The van der Waals surface area contributed by atoms with Crippen molar-refractivity contribution in [3.8, 4) is 11.5 Å². The zero-order valence-electron chi connectivity index (χ0n) is 9.60. The van der Waals surface area contributed by atoms with E-state index in [-0.39, 0.29) is 17.1 Å². The monoisotopic (exact) mass is 246 g/mol. The highest BCUT2D eigenvalue weighted by atomic mass is 19.3. The van der Waals surface area contributed by atoms with Crippen LogP contribution >= 0.6 is 0 Å². The van der Waals surface area contributed by atoms with E-state index in [0.29, 0.717) is 12.7 Å². The van der Waals surface area contributed by atoms with Crippen LogP contribution in [0.1, 0.15) is 12.5 Å². The lowest BCUT2D eigenvalue weighted by Crippen LogP contribution is -2.21. The molecule has 17 heavy (non-hydrogen) atoms. The maximum absolute atomic E-state index is 13.7. The summed E-state index contributed by atoms with van der Waals surface area (Å²) in [6.45, 7) is 6.26. The lowest BCUT2D eigenvalue weighted by molar-refractivity contribution is -0.131. The van der Waals surface area contributed by atoms with Gasteiger partial charge in [0.1, 0.15) is 5.75 Å². The van der Waals surface area contributed by atoms with E-state index in [4.69, 9.17) is 4.74 Å². The lowest BCUT2D eigenvalue weighted by atomic mass is 10.2. The smallest absolute Gasteiger partial charge is 0.419 e. The van der Waals surface area contributed by atoms with Crippen LogP contribution in [0.15, 0.2) is 24.8 Å². The molecule has 0 saturated heterocycles. The highest BCUT2D eigenvalue weighted by Gasteiger charge is 2.28. The van der Waals surface area contributed by atoms with Crippen molar-refractivity contribution < 1.29 is 22.6 Å². The molecule has 1 aromatic rings. The minimum Gasteiger partial charge on any atom is -0.491 e. The van der Waals surface area contributed by atoms with Crippen molar-refractivity contribution in [2.24, 2.45) is 0 Å². The summed E-state index contributed by atoms with van der Waals surface area (Å²) in [6, 6.07) is 2.49. The second-order valence-corrected chi connectivity index (χ2v) is 3.30. The fraction of sp³-hybridized carbons (Fsp3) is 0.333. The van der Waals surface area contributed by atoms with Gasteiger partial charge in [-0.3, -0.25) is 0 Å². The van der Waals surface area contributed by atoms with Gasteiger partial charge in [0.25, 0.3) is 0 Å². The van der Waals surface area contributed by atoms with Gasteiger partial charge in [0, 0.05) is 11.6 Å². The Hall–Kier alpha value is -1.65.